The molecule has 2 rings (SSSR count). The van der Waals surface area contributed by atoms with Gasteiger partial charge in [0.2, 0.25) is 5.91 Å². The van der Waals surface area contributed by atoms with Gasteiger partial charge in [-0.3, -0.25) is 9.69 Å². The van der Waals surface area contributed by atoms with Crippen LogP contribution in [0.3, 0.4) is 0 Å². The Morgan fingerprint density at radius 2 is 1.82 bits per heavy atom. The quantitative estimate of drug-likeness (QED) is 0.690. The van der Waals surface area contributed by atoms with E-state index in [9.17, 15) is 4.79 Å². The van der Waals surface area contributed by atoms with Gasteiger partial charge in [-0.25, -0.2) is 0 Å². The van der Waals surface area contributed by atoms with Gasteiger partial charge in [0.1, 0.15) is 5.75 Å². The van der Waals surface area contributed by atoms with Crippen LogP contribution in [0.25, 0.3) is 6.08 Å². The number of hydrogen-bond acceptors (Lipinski definition) is 5. The zero-order chi connectivity index (χ0) is 20.7. The van der Waals surface area contributed by atoms with Crippen molar-refractivity contribution in [1.29, 1.82) is 0 Å². The van der Waals surface area contributed by atoms with Crippen LogP contribution in [0.2, 0.25) is 0 Å². The molecule has 0 spiro atoms. The molecule has 156 valence electrons. The minimum absolute atomic E-state index is 0.0702. The summed E-state index contributed by atoms with van der Waals surface area (Å²) in [5.41, 5.74) is 0.679. The first-order valence-electron chi connectivity index (χ1n) is 9.81. The number of amides is 1. The fraction of sp³-hybridized carbons (Fsp3) is 0.591. The van der Waals surface area contributed by atoms with Gasteiger partial charge in [0.25, 0.3) is 0 Å². The highest BCUT2D eigenvalue weighted by Gasteiger charge is 2.30. The van der Waals surface area contributed by atoms with Crippen molar-refractivity contribution in [2.45, 2.75) is 39.2 Å². The highest BCUT2D eigenvalue weighted by molar-refractivity contribution is 5.92. The summed E-state index contributed by atoms with van der Waals surface area (Å²) < 4.78 is 16.0. The molecule has 1 aliphatic rings. The molecule has 6 heteroatoms. The van der Waals surface area contributed by atoms with Gasteiger partial charge >= 0.3 is 0 Å². The van der Waals surface area contributed by atoms with Gasteiger partial charge in [-0.1, -0.05) is 6.92 Å². The van der Waals surface area contributed by atoms with Crippen LogP contribution in [0.4, 0.5) is 0 Å². The smallest absolute Gasteiger partial charge is 0.244 e. The number of carbonyl (C=O) groups excluding carboxylic acids is 1. The molecule has 1 saturated heterocycles. The van der Waals surface area contributed by atoms with Crippen molar-refractivity contribution < 1.29 is 19.0 Å². The molecule has 0 aliphatic carbocycles. The molecule has 1 atom stereocenters. The number of carbonyl (C=O) groups is 1. The fourth-order valence-corrected chi connectivity index (χ4v) is 3.56. The summed E-state index contributed by atoms with van der Waals surface area (Å²) in [6.07, 6.45) is 5.76. The molecule has 1 amide bonds. The summed E-state index contributed by atoms with van der Waals surface area (Å²) in [6.45, 7) is 9.44. The molecule has 0 bridgehead atoms. The zero-order valence-corrected chi connectivity index (χ0v) is 18.0. The Hall–Kier alpha value is -2.21. The highest BCUT2D eigenvalue weighted by Crippen LogP contribution is 2.35. The largest absolute Gasteiger partial charge is 0.496 e. The number of likely N-dealkylation sites (tertiary alicyclic amines) is 1. The molecule has 1 aromatic rings. The molecule has 1 aromatic carbocycles. The standard InChI is InChI=1S/C22H34N2O4/c1-16-8-7-11-24(14-16)22(2,3)15-23-21(25)10-9-17-12-19(27-5)20(28-6)13-18(17)26-4/h9-10,12-13,16H,7-8,11,14-15H2,1-6H3,(H,23,25)/b10-9+. The number of piperidine rings is 1. The average molecular weight is 391 g/mol. The van der Waals surface area contributed by atoms with E-state index in [2.05, 4.69) is 31.0 Å². The maximum atomic E-state index is 12.4. The van der Waals surface area contributed by atoms with Crippen LogP contribution in [0.5, 0.6) is 17.2 Å². The number of benzene rings is 1. The Morgan fingerprint density at radius 1 is 1.18 bits per heavy atom. The average Bonchev–Trinajstić information content (AvgIpc) is 2.70. The lowest BCUT2D eigenvalue weighted by atomic mass is 9.93. The van der Waals surface area contributed by atoms with Gasteiger partial charge in [0.15, 0.2) is 11.5 Å². The molecular formula is C22H34N2O4. The molecular weight excluding hydrogens is 356 g/mol. The van der Waals surface area contributed by atoms with E-state index >= 15 is 0 Å². The molecule has 28 heavy (non-hydrogen) atoms. The minimum Gasteiger partial charge on any atom is -0.496 e. The summed E-state index contributed by atoms with van der Waals surface area (Å²) in [7, 11) is 4.74. The predicted molar refractivity (Wildman–Crippen MR) is 112 cm³/mol. The van der Waals surface area contributed by atoms with E-state index in [-0.39, 0.29) is 11.4 Å². The van der Waals surface area contributed by atoms with Crippen LogP contribution < -0.4 is 19.5 Å². The predicted octanol–water partition coefficient (Wildman–Crippen LogP) is 3.35. The van der Waals surface area contributed by atoms with E-state index in [4.69, 9.17) is 14.2 Å². The third-order valence-electron chi connectivity index (χ3n) is 5.36. The summed E-state index contributed by atoms with van der Waals surface area (Å²) in [5, 5.41) is 3.03. The van der Waals surface area contributed by atoms with Crippen LogP contribution in [0, 0.1) is 5.92 Å². The molecule has 6 nitrogen and oxygen atoms in total. The number of rotatable bonds is 8. The topological polar surface area (TPSA) is 60.0 Å². The van der Waals surface area contributed by atoms with Crippen molar-refractivity contribution in [2.75, 3.05) is 41.0 Å². The molecule has 1 fully saturated rings. The Morgan fingerprint density at radius 3 is 2.43 bits per heavy atom. The lowest BCUT2D eigenvalue weighted by Gasteiger charge is -2.43. The second-order valence-electron chi connectivity index (χ2n) is 8.01. The Labute approximate surface area is 168 Å². The number of hydrogen-bond donors (Lipinski definition) is 1. The van der Waals surface area contributed by atoms with Gasteiger partial charge < -0.3 is 19.5 Å². The zero-order valence-electron chi connectivity index (χ0n) is 18.0. The third-order valence-corrected chi connectivity index (χ3v) is 5.36. The lowest BCUT2D eigenvalue weighted by Crippen LogP contribution is -2.54. The van der Waals surface area contributed by atoms with E-state index in [1.165, 1.54) is 18.9 Å². The van der Waals surface area contributed by atoms with E-state index < -0.39 is 0 Å². The summed E-state index contributed by atoms with van der Waals surface area (Å²) >= 11 is 0. The third kappa shape index (κ3) is 5.64. The van der Waals surface area contributed by atoms with Crippen LogP contribution in [-0.2, 0) is 4.79 Å². The Bertz CT molecular complexity index is 700. The maximum Gasteiger partial charge on any atom is 0.244 e. The normalized spacial score (nSPS) is 18.1. The molecule has 1 N–H and O–H groups in total. The Balaban J connectivity index is 2.01. The SMILES string of the molecule is COc1cc(OC)c(OC)cc1/C=C/C(=O)NCC(C)(C)N1CCCC(C)C1. The first-order valence-corrected chi connectivity index (χ1v) is 9.81. The summed E-state index contributed by atoms with van der Waals surface area (Å²) in [4.78, 5) is 14.8. The van der Waals surface area contributed by atoms with Crippen molar-refractivity contribution >= 4 is 12.0 Å². The van der Waals surface area contributed by atoms with E-state index in [0.717, 1.165) is 18.7 Å². The molecule has 1 heterocycles. The Kier molecular flexibility index (Phi) is 7.75. The maximum absolute atomic E-state index is 12.4. The molecule has 0 saturated carbocycles. The van der Waals surface area contributed by atoms with Crippen LogP contribution >= 0.6 is 0 Å². The summed E-state index contributed by atoms with van der Waals surface area (Å²) in [6, 6.07) is 3.54. The van der Waals surface area contributed by atoms with Crippen LogP contribution in [-0.4, -0.2) is 57.3 Å². The highest BCUT2D eigenvalue weighted by atomic mass is 16.5. The summed E-state index contributed by atoms with van der Waals surface area (Å²) in [5.74, 6) is 2.36. The van der Waals surface area contributed by atoms with E-state index in [0.29, 0.717) is 29.7 Å². The van der Waals surface area contributed by atoms with Gasteiger partial charge in [-0.05, 0) is 51.3 Å². The second kappa shape index (κ2) is 9.82. The van der Waals surface area contributed by atoms with Gasteiger partial charge in [-0.2, -0.15) is 0 Å². The number of nitrogens with one attached hydrogen (secondary N) is 1. The van der Waals surface area contributed by atoms with Crippen molar-refractivity contribution in [3.8, 4) is 17.2 Å². The van der Waals surface area contributed by atoms with Gasteiger partial charge in [0, 0.05) is 36.3 Å². The van der Waals surface area contributed by atoms with Crippen molar-refractivity contribution in [3.05, 3.63) is 23.8 Å². The van der Waals surface area contributed by atoms with Crippen molar-refractivity contribution in [2.24, 2.45) is 5.92 Å². The van der Waals surface area contributed by atoms with Gasteiger partial charge in [0.05, 0.1) is 21.3 Å². The monoisotopic (exact) mass is 390 g/mol. The fourth-order valence-electron chi connectivity index (χ4n) is 3.56. The van der Waals surface area contributed by atoms with Crippen molar-refractivity contribution in [1.82, 2.24) is 10.2 Å². The number of methoxy groups -OCH3 is 3. The van der Waals surface area contributed by atoms with E-state index in [1.807, 2.05) is 0 Å². The number of nitrogens with zero attached hydrogens (tertiary/aromatic N) is 1. The first kappa shape index (κ1) is 22.1. The molecule has 1 unspecified atom stereocenters. The lowest BCUT2D eigenvalue weighted by molar-refractivity contribution is -0.117. The van der Waals surface area contributed by atoms with Crippen molar-refractivity contribution in [3.63, 3.8) is 0 Å². The number of ether oxygens (including phenoxy) is 3. The minimum atomic E-state index is -0.130. The van der Waals surface area contributed by atoms with Crippen LogP contribution in [0.15, 0.2) is 18.2 Å². The second-order valence-corrected chi connectivity index (χ2v) is 8.01. The van der Waals surface area contributed by atoms with Crippen LogP contribution in [0.1, 0.15) is 39.2 Å². The molecule has 1 aliphatic heterocycles. The molecule has 0 aromatic heterocycles. The molecule has 0 radical (unpaired) electrons. The van der Waals surface area contributed by atoms with Gasteiger partial charge in [-0.15, -0.1) is 0 Å². The first-order chi connectivity index (χ1) is 13.3. The van der Waals surface area contributed by atoms with E-state index in [1.54, 1.807) is 39.5 Å².